The standard InChI is InChI=1S/C23H32N2O4/c1-16-8-10-23(11-9-16)25(22(27)18-6-3-5-17(2)13-18)20(15-29-23)21(26)24-14-19-7-4-12-28-19/h3,5-6,13,16,19-20H,4,7-12,14-15H2,1-2H3,(H,24,26). The van der Waals surface area contributed by atoms with E-state index in [9.17, 15) is 9.59 Å². The van der Waals surface area contributed by atoms with Gasteiger partial charge in [0.15, 0.2) is 0 Å². The van der Waals surface area contributed by atoms with Gasteiger partial charge in [0.25, 0.3) is 5.91 Å². The first-order valence-electron chi connectivity index (χ1n) is 10.9. The van der Waals surface area contributed by atoms with Gasteiger partial charge in [-0.2, -0.15) is 0 Å². The number of benzene rings is 1. The molecule has 1 spiro atoms. The molecular weight excluding hydrogens is 368 g/mol. The minimum absolute atomic E-state index is 0.0756. The second kappa shape index (κ2) is 8.44. The molecule has 1 aromatic carbocycles. The summed E-state index contributed by atoms with van der Waals surface area (Å²) in [5.74, 6) is 0.363. The zero-order valence-corrected chi connectivity index (χ0v) is 17.5. The van der Waals surface area contributed by atoms with Gasteiger partial charge in [-0.05, 0) is 63.5 Å². The maximum Gasteiger partial charge on any atom is 0.256 e. The highest BCUT2D eigenvalue weighted by molar-refractivity contribution is 5.98. The monoisotopic (exact) mass is 400 g/mol. The maximum atomic E-state index is 13.6. The molecule has 2 saturated heterocycles. The SMILES string of the molecule is Cc1cccc(C(=O)N2C(C(=O)NCC3CCCO3)COC23CCC(C)CC3)c1. The number of rotatable bonds is 4. The fourth-order valence-electron chi connectivity index (χ4n) is 4.83. The molecule has 1 aliphatic carbocycles. The van der Waals surface area contributed by atoms with Gasteiger partial charge < -0.3 is 14.8 Å². The van der Waals surface area contributed by atoms with Crippen LogP contribution in [0, 0.1) is 12.8 Å². The van der Waals surface area contributed by atoms with E-state index in [4.69, 9.17) is 9.47 Å². The average molecular weight is 401 g/mol. The van der Waals surface area contributed by atoms with Gasteiger partial charge in [-0.1, -0.05) is 24.6 Å². The van der Waals surface area contributed by atoms with E-state index in [1.165, 1.54) is 0 Å². The lowest BCUT2D eigenvalue weighted by Crippen LogP contribution is -2.57. The molecule has 158 valence electrons. The maximum absolute atomic E-state index is 13.6. The summed E-state index contributed by atoms with van der Waals surface area (Å²) in [5.41, 5.74) is 0.978. The van der Waals surface area contributed by atoms with Crippen LogP contribution >= 0.6 is 0 Å². The highest BCUT2D eigenvalue weighted by Gasteiger charge is 2.53. The fourth-order valence-corrected chi connectivity index (χ4v) is 4.83. The van der Waals surface area contributed by atoms with E-state index in [0.29, 0.717) is 18.0 Å². The molecule has 4 rings (SSSR count). The van der Waals surface area contributed by atoms with Gasteiger partial charge in [0.05, 0.1) is 12.7 Å². The van der Waals surface area contributed by atoms with Gasteiger partial charge in [-0.15, -0.1) is 0 Å². The molecule has 1 aromatic rings. The van der Waals surface area contributed by atoms with Crippen molar-refractivity contribution < 1.29 is 19.1 Å². The van der Waals surface area contributed by atoms with Crippen molar-refractivity contribution in [2.24, 2.45) is 5.92 Å². The minimum Gasteiger partial charge on any atom is -0.376 e. The van der Waals surface area contributed by atoms with Crippen molar-refractivity contribution in [1.29, 1.82) is 0 Å². The smallest absolute Gasteiger partial charge is 0.256 e. The first-order valence-corrected chi connectivity index (χ1v) is 10.9. The molecule has 6 nitrogen and oxygen atoms in total. The molecule has 1 N–H and O–H groups in total. The van der Waals surface area contributed by atoms with Crippen molar-refractivity contribution in [3.63, 3.8) is 0 Å². The molecule has 6 heteroatoms. The zero-order valence-electron chi connectivity index (χ0n) is 17.5. The summed E-state index contributed by atoms with van der Waals surface area (Å²) >= 11 is 0. The summed E-state index contributed by atoms with van der Waals surface area (Å²) in [5, 5.41) is 3.01. The Morgan fingerprint density at radius 1 is 1.24 bits per heavy atom. The van der Waals surface area contributed by atoms with E-state index in [0.717, 1.165) is 50.7 Å². The normalized spacial score (nSPS) is 31.9. The molecule has 3 aliphatic rings. The van der Waals surface area contributed by atoms with Crippen molar-refractivity contribution in [2.45, 2.75) is 70.2 Å². The molecule has 2 atom stereocenters. The van der Waals surface area contributed by atoms with E-state index in [2.05, 4.69) is 12.2 Å². The first kappa shape index (κ1) is 20.4. The van der Waals surface area contributed by atoms with Crippen LogP contribution in [0.5, 0.6) is 0 Å². The third kappa shape index (κ3) is 4.19. The predicted octanol–water partition coefficient (Wildman–Crippen LogP) is 3.04. The largest absolute Gasteiger partial charge is 0.376 e. The highest BCUT2D eigenvalue weighted by Crippen LogP contribution is 2.43. The van der Waals surface area contributed by atoms with Crippen LogP contribution in [0.15, 0.2) is 24.3 Å². The highest BCUT2D eigenvalue weighted by atomic mass is 16.5. The molecule has 1 saturated carbocycles. The Bertz CT molecular complexity index is 751. The average Bonchev–Trinajstić information content (AvgIpc) is 3.36. The number of amides is 2. The molecule has 0 bridgehead atoms. The lowest BCUT2D eigenvalue weighted by molar-refractivity contribution is -0.128. The number of carbonyl (C=O) groups excluding carboxylic acids is 2. The Balaban J connectivity index is 1.56. The summed E-state index contributed by atoms with van der Waals surface area (Å²) in [7, 11) is 0. The van der Waals surface area contributed by atoms with Gasteiger partial charge in [0, 0.05) is 18.7 Å². The van der Waals surface area contributed by atoms with Crippen LogP contribution in [-0.4, -0.2) is 54.3 Å². The van der Waals surface area contributed by atoms with Crippen LogP contribution in [0.25, 0.3) is 0 Å². The minimum atomic E-state index is -0.667. The van der Waals surface area contributed by atoms with Crippen molar-refractivity contribution >= 4 is 11.8 Å². The number of hydrogen-bond acceptors (Lipinski definition) is 4. The molecule has 0 radical (unpaired) electrons. The Kier molecular flexibility index (Phi) is 5.93. The number of ether oxygens (including phenoxy) is 2. The summed E-state index contributed by atoms with van der Waals surface area (Å²) in [4.78, 5) is 28.4. The zero-order chi connectivity index (χ0) is 20.4. The van der Waals surface area contributed by atoms with Gasteiger partial charge in [-0.3, -0.25) is 14.5 Å². The van der Waals surface area contributed by atoms with Crippen LogP contribution in [0.4, 0.5) is 0 Å². The second-order valence-electron chi connectivity index (χ2n) is 8.88. The fraction of sp³-hybridized carbons (Fsp3) is 0.652. The van der Waals surface area contributed by atoms with E-state index in [1.54, 1.807) is 4.90 Å². The Morgan fingerprint density at radius 2 is 2.03 bits per heavy atom. The third-order valence-corrected chi connectivity index (χ3v) is 6.63. The number of nitrogens with zero attached hydrogens (tertiary/aromatic N) is 1. The van der Waals surface area contributed by atoms with Crippen molar-refractivity contribution in [3.8, 4) is 0 Å². The Labute approximate surface area is 172 Å². The van der Waals surface area contributed by atoms with Gasteiger partial charge in [0.1, 0.15) is 11.8 Å². The summed E-state index contributed by atoms with van der Waals surface area (Å²) in [6.07, 6.45) is 5.64. The Hall–Kier alpha value is -1.92. The predicted molar refractivity (Wildman–Crippen MR) is 109 cm³/mol. The number of carbonyl (C=O) groups is 2. The van der Waals surface area contributed by atoms with Crippen LogP contribution < -0.4 is 5.32 Å². The van der Waals surface area contributed by atoms with Crippen molar-refractivity contribution in [3.05, 3.63) is 35.4 Å². The molecule has 3 fully saturated rings. The molecule has 2 amide bonds. The van der Waals surface area contributed by atoms with Crippen molar-refractivity contribution in [1.82, 2.24) is 10.2 Å². The number of nitrogens with one attached hydrogen (secondary N) is 1. The molecule has 2 aliphatic heterocycles. The summed E-state index contributed by atoms with van der Waals surface area (Å²) < 4.78 is 11.9. The van der Waals surface area contributed by atoms with Gasteiger partial charge in [0.2, 0.25) is 5.91 Å². The van der Waals surface area contributed by atoms with Crippen LogP contribution in [0.3, 0.4) is 0 Å². The molecule has 2 heterocycles. The molecule has 0 aromatic heterocycles. The van der Waals surface area contributed by atoms with Crippen molar-refractivity contribution in [2.75, 3.05) is 19.8 Å². The quantitative estimate of drug-likeness (QED) is 0.844. The van der Waals surface area contributed by atoms with Crippen LogP contribution in [-0.2, 0) is 14.3 Å². The lowest BCUT2D eigenvalue weighted by Gasteiger charge is -2.43. The van der Waals surface area contributed by atoms with E-state index in [-0.39, 0.29) is 24.5 Å². The Morgan fingerprint density at radius 3 is 2.72 bits per heavy atom. The molecule has 2 unspecified atom stereocenters. The van der Waals surface area contributed by atoms with Gasteiger partial charge in [-0.25, -0.2) is 0 Å². The topological polar surface area (TPSA) is 67.9 Å². The van der Waals surface area contributed by atoms with Crippen LogP contribution in [0.2, 0.25) is 0 Å². The van der Waals surface area contributed by atoms with E-state index >= 15 is 0 Å². The molecular formula is C23H32N2O4. The number of aryl methyl sites for hydroxylation is 1. The van der Waals surface area contributed by atoms with E-state index < -0.39 is 11.8 Å². The number of hydrogen-bond donors (Lipinski definition) is 1. The summed E-state index contributed by atoms with van der Waals surface area (Å²) in [6.45, 7) is 5.71. The second-order valence-corrected chi connectivity index (χ2v) is 8.88. The third-order valence-electron chi connectivity index (χ3n) is 6.63. The van der Waals surface area contributed by atoms with Crippen LogP contribution in [0.1, 0.15) is 61.4 Å². The summed E-state index contributed by atoms with van der Waals surface area (Å²) in [6, 6.07) is 6.98. The molecule has 29 heavy (non-hydrogen) atoms. The van der Waals surface area contributed by atoms with E-state index in [1.807, 2.05) is 31.2 Å². The van der Waals surface area contributed by atoms with Gasteiger partial charge >= 0.3 is 0 Å². The lowest BCUT2D eigenvalue weighted by atomic mass is 9.83. The first-order chi connectivity index (χ1) is 14.0.